The predicted octanol–water partition coefficient (Wildman–Crippen LogP) is 1.81. The van der Waals surface area contributed by atoms with Crippen LogP contribution in [0.15, 0.2) is 29.4 Å². The highest BCUT2D eigenvalue weighted by molar-refractivity contribution is 7.89. The van der Waals surface area contributed by atoms with E-state index < -0.39 is 15.6 Å². The van der Waals surface area contributed by atoms with Crippen molar-refractivity contribution in [3.8, 4) is 0 Å². The first kappa shape index (κ1) is 17.4. The van der Waals surface area contributed by atoms with Crippen molar-refractivity contribution in [3.63, 3.8) is 0 Å². The van der Waals surface area contributed by atoms with Gasteiger partial charge in [-0.25, -0.2) is 13.1 Å². The zero-order valence-corrected chi connectivity index (χ0v) is 14.9. The Morgan fingerprint density at radius 3 is 2.52 bits per heavy atom. The number of hydrogen-bond acceptors (Lipinski definition) is 5. The van der Waals surface area contributed by atoms with Crippen molar-refractivity contribution in [2.75, 3.05) is 5.32 Å². The van der Waals surface area contributed by atoms with Crippen LogP contribution in [0.1, 0.15) is 32.2 Å². The molecule has 7 nitrogen and oxygen atoms in total. The van der Waals surface area contributed by atoms with E-state index >= 15 is 0 Å². The number of nitrogens with one attached hydrogen (secondary N) is 2. The molecular formula is C15H23N5O2S. The highest BCUT2D eigenvalue weighted by Gasteiger charge is 2.24. The molecule has 2 rings (SSSR count). The second kappa shape index (κ2) is 6.29. The van der Waals surface area contributed by atoms with Crippen LogP contribution in [0.4, 0.5) is 5.69 Å². The quantitative estimate of drug-likeness (QED) is 0.868. The maximum absolute atomic E-state index is 12.5. The van der Waals surface area contributed by atoms with E-state index in [2.05, 4.69) is 20.2 Å². The van der Waals surface area contributed by atoms with Crippen molar-refractivity contribution in [3.05, 3.63) is 35.9 Å². The summed E-state index contributed by atoms with van der Waals surface area (Å²) in [5, 5.41) is 11.0. The molecule has 1 aromatic carbocycles. The van der Waals surface area contributed by atoms with E-state index in [1.54, 1.807) is 25.4 Å². The smallest absolute Gasteiger partial charge is 0.241 e. The fourth-order valence-corrected chi connectivity index (χ4v) is 3.88. The lowest BCUT2D eigenvalue weighted by Gasteiger charge is -2.22. The van der Waals surface area contributed by atoms with E-state index in [4.69, 9.17) is 0 Å². The molecule has 126 valence electrons. The van der Waals surface area contributed by atoms with E-state index in [-0.39, 0.29) is 4.90 Å². The van der Waals surface area contributed by atoms with Crippen LogP contribution in [0, 0.1) is 6.92 Å². The topological polar surface area (TPSA) is 88.9 Å². The molecule has 23 heavy (non-hydrogen) atoms. The van der Waals surface area contributed by atoms with Crippen molar-refractivity contribution < 1.29 is 8.42 Å². The van der Waals surface area contributed by atoms with E-state index in [9.17, 15) is 8.42 Å². The third-order valence-corrected chi connectivity index (χ3v) is 5.16. The van der Waals surface area contributed by atoms with Crippen molar-refractivity contribution in [1.82, 2.24) is 19.5 Å². The number of rotatable bonds is 5. The van der Waals surface area contributed by atoms with Crippen molar-refractivity contribution in [1.29, 1.82) is 0 Å². The average Bonchev–Trinajstić information content (AvgIpc) is 2.80. The Hall–Kier alpha value is -1.93. The number of aryl methyl sites for hydroxylation is 1. The monoisotopic (exact) mass is 337 g/mol. The minimum atomic E-state index is -3.57. The Kier molecular flexibility index (Phi) is 4.76. The third kappa shape index (κ3) is 4.29. The molecule has 0 atom stereocenters. The molecule has 0 aliphatic rings. The van der Waals surface area contributed by atoms with E-state index in [1.807, 2.05) is 38.5 Å². The molecule has 2 N–H and O–H groups in total. The zero-order chi connectivity index (χ0) is 17.3. The highest BCUT2D eigenvalue weighted by atomic mass is 32.2. The van der Waals surface area contributed by atoms with Crippen LogP contribution >= 0.6 is 0 Å². The Balaban J connectivity index is 2.26. The van der Waals surface area contributed by atoms with Crippen LogP contribution in [0.2, 0.25) is 0 Å². The normalized spacial score (nSPS) is 12.4. The summed E-state index contributed by atoms with van der Waals surface area (Å²) in [6.07, 6.45) is 1.62. The molecule has 0 radical (unpaired) electrons. The molecule has 0 aliphatic heterocycles. The molecular weight excluding hydrogens is 314 g/mol. The van der Waals surface area contributed by atoms with Gasteiger partial charge in [-0.05, 0) is 45.4 Å². The minimum absolute atomic E-state index is 0.274. The number of aromatic nitrogens is 3. The second-order valence-electron chi connectivity index (χ2n) is 6.50. The van der Waals surface area contributed by atoms with Gasteiger partial charge in [0.25, 0.3) is 0 Å². The summed E-state index contributed by atoms with van der Waals surface area (Å²) in [5.41, 5.74) is 0.893. The first-order chi connectivity index (χ1) is 10.6. The SMILES string of the molecule is Cc1c(NCc2nncn2C)cccc1S(=O)(=O)NC(C)(C)C. The summed E-state index contributed by atoms with van der Waals surface area (Å²) in [7, 11) is -1.72. The van der Waals surface area contributed by atoms with Gasteiger partial charge in [0.05, 0.1) is 11.4 Å². The molecule has 0 saturated heterocycles. The van der Waals surface area contributed by atoms with Crippen LogP contribution in [0.5, 0.6) is 0 Å². The molecule has 0 saturated carbocycles. The van der Waals surface area contributed by atoms with Crippen molar-refractivity contribution in [2.45, 2.75) is 44.7 Å². The molecule has 0 fully saturated rings. The standard InChI is InChI=1S/C15H23N5O2S/c1-11-12(16-9-14-18-17-10-20(14)5)7-6-8-13(11)23(21,22)19-15(2,3)4/h6-8,10,16,19H,9H2,1-5H3. The van der Waals surface area contributed by atoms with Gasteiger partial charge in [0.15, 0.2) is 5.82 Å². The van der Waals surface area contributed by atoms with Crippen LogP contribution < -0.4 is 10.0 Å². The van der Waals surface area contributed by atoms with Crippen LogP contribution in [-0.4, -0.2) is 28.7 Å². The minimum Gasteiger partial charge on any atom is -0.377 e. The molecule has 0 amide bonds. The van der Waals surface area contributed by atoms with Gasteiger partial charge in [0.2, 0.25) is 10.0 Å². The molecule has 0 aliphatic carbocycles. The van der Waals surface area contributed by atoms with E-state index in [1.165, 1.54) is 0 Å². The average molecular weight is 337 g/mol. The molecule has 0 bridgehead atoms. The summed E-state index contributed by atoms with van der Waals surface area (Å²) >= 11 is 0. The second-order valence-corrected chi connectivity index (χ2v) is 8.15. The number of benzene rings is 1. The Labute approximate surface area is 137 Å². The van der Waals surface area contributed by atoms with Gasteiger partial charge in [-0.3, -0.25) is 0 Å². The van der Waals surface area contributed by atoms with Crippen molar-refractivity contribution >= 4 is 15.7 Å². The van der Waals surface area contributed by atoms with Gasteiger partial charge in [0, 0.05) is 18.3 Å². The molecule has 0 unspecified atom stereocenters. The zero-order valence-electron chi connectivity index (χ0n) is 14.1. The molecule has 1 heterocycles. The Morgan fingerprint density at radius 2 is 1.96 bits per heavy atom. The lowest BCUT2D eigenvalue weighted by atomic mass is 10.1. The van der Waals surface area contributed by atoms with Crippen LogP contribution in [0.3, 0.4) is 0 Å². The van der Waals surface area contributed by atoms with Gasteiger partial charge in [-0.2, -0.15) is 0 Å². The first-order valence-electron chi connectivity index (χ1n) is 7.30. The van der Waals surface area contributed by atoms with Crippen LogP contribution in [0.25, 0.3) is 0 Å². The molecule has 0 spiro atoms. The largest absolute Gasteiger partial charge is 0.377 e. The number of anilines is 1. The lowest BCUT2D eigenvalue weighted by molar-refractivity contribution is 0.491. The van der Waals surface area contributed by atoms with Gasteiger partial charge in [-0.15, -0.1) is 10.2 Å². The van der Waals surface area contributed by atoms with Gasteiger partial charge < -0.3 is 9.88 Å². The number of sulfonamides is 1. The van der Waals surface area contributed by atoms with Crippen molar-refractivity contribution in [2.24, 2.45) is 7.05 Å². The van der Waals surface area contributed by atoms with E-state index in [0.29, 0.717) is 12.1 Å². The Bertz CT molecular complexity index is 790. The number of hydrogen-bond donors (Lipinski definition) is 2. The first-order valence-corrected chi connectivity index (χ1v) is 8.79. The fraction of sp³-hybridized carbons (Fsp3) is 0.467. The summed E-state index contributed by atoms with van der Waals surface area (Å²) in [6.45, 7) is 7.70. The van der Waals surface area contributed by atoms with Crippen LogP contribution in [-0.2, 0) is 23.6 Å². The maximum atomic E-state index is 12.5. The summed E-state index contributed by atoms with van der Waals surface area (Å²) in [5.74, 6) is 0.769. The van der Waals surface area contributed by atoms with Gasteiger partial charge in [0.1, 0.15) is 6.33 Å². The number of nitrogens with zero attached hydrogens (tertiary/aromatic N) is 3. The van der Waals surface area contributed by atoms with Gasteiger partial charge in [-0.1, -0.05) is 6.07 Å². The summed E-state index contributed by atoms with van der Waals surface area (Å²) < 4.78 is 29.6. The molecule has 1 aromatic heterocycles. The fourth-order valence-electron chi connectivity index (χ4n) is 2.20. The maximum Gasteiger partial charge on any atom is 0.241 e. The summed E-state index contributed by atoms with van der Waals surface area (Å²) in [6, 6.07) is 5.18. The van der Waals surface area contributed by atoms with E-state index in [0.717, 1.165) is 11.5 Å². The molecule has 8 heteroatoms. The highest BCUT2D eigenvalue weighted by Crippen LogP contribution is 2.24. The third-order valence-electron chi connectivity index (χ3n) is 3.26. The predicted molar refractivity (Wildman–Crippen MR) is 89.6 cm³/mol. The lowest BCUT2D eigenvalue weighted by Crippen LogP contribution is -2.40. The molecule has 2 aromatic rings. The Morgan fingerprint density at radius 1 is 1.26 bits per heavy atom. The van der Waals surface area contributed by atoms with Gasteiger partial charge >= 0.3 is 0 Å². The summed E-state index contributed by atoms with van der Waals surface area (Å²) in [4.78, 5) is 0.274.